The van der Waals surface area contributed by atoms with Gasteiger partial charge in [-0.2, -0.15) is 0 Å². The third-order valence-corrected chi connectivity index (χ3v) is 5.99. The Morgan fingerprint density at radius 2 is 2.20 bits per heavy atom. The van der Waals surface area contributed by atoms with Gasteiger partial charge in [0.05, 0.1) is 18.1 Å². The zero-order valence-electron chi connectivity index (χ0n) is 11.3. The van der Waals surface area contributed by atoms with Crippen molar-refractivity contribution in [2.75, 3.05) is 12.4 Å². The minimum Gasteiger partial charge on any atom is -0.465 e. The number of esters is 1. The van der Waals surface area contributed by atoms with Gasteiger partial charge in [-0.25, -0.2) is 4.98 Å². The van der Waals surface area contributed by atoms with E-state index in [-0.39, 0.29) is 5.97 Å². The van der Waals surface area contributed by atoms with Crippen molar-refractivity contribution in [2.24, 2.45) is 0 Å². The lowest BCUT2D eigenvalue weighted by atomic mass is 9.73. The van der Waals surface area contributed by atoms with Gasteiger partial charge < -0.3 is 4.74 Å². The Kier molecular flexibility index (Phi) is 5.40. The molecule has 0 saturated heterocycles. The van der Waals surface area contributed by atoms with Crippen molar-refractivity contribution in [3.63, 3.8) is 0 Å². The number of carbonyl (C=O) groups is 1. The smallest absolute Gasteiger partial charge is 0.302 e. The van der Waals surface area contributed by atoms with Crippen LogP contribution in [0.4, 0.5) is 0 Å². The van der Waals surface area contributed by atoms with Crippen LogP contribution in [0.3, 0.4) is 0 Å². The summed E-state index contributed by atoms with van der Waals surface area (Å²) in [5.74, 6) is 0.339. The lowest BCUT2D eigenvalue weighted by Crippen LogP contribution is -2.21. The van der Waals surface area contributed by atoms with Crippen LogP contribution in [-0.4, -0.2) is 31.2 Å². The first-order valence-electron chi connectivity index (χ1n) is 6.08. The molecule has 0 aliphatic rings. The minimum absolute atomic E-state index is 0.363. The van der Waals surface area contributed by atoms with Gasteiger partial charge in [0.15, 0.2) is 4.34 Å². The Bertz CT molecular complexity index is 562. The first-order chi connectivity index (χ1) is 9.47. The quantitative estimate of drug-likeness (QED) is 0.348. The van der Waals surface area contributed by atoms with Crippen LogP contribution in [-0.2, 0) is 9.53 Å². The number of thiazole rings is 1. The number of fused-ring (bicyclic) bond motifs is 1. The molecule has 2 aromatic rings. The number of carbonyl (C=O) groups excluding carboxylic acids is 1. The molecule has 0 unspecified atom stereocenters. The van der Waals surface area contributed by atoms with E-state index in [1.807, 2.05) is 18.2 Å². The summed E-state index contributed by atoms with van der Waals surface area (Å²) in [6.07, 6.45) is 0. The maximum absolute atomic E-state index is 11.4. The van der Waals surface area contributed by atoms with Crippen molar-refractivity contribution in [3.05, 3.63) is 24.3 Å². The van der Waals surface area contributed by atoms with E-state index >= 15 is 0 Å². The normalized spacial score (nSPS) is 11.7. The molecule has 0 spiro atoms. The fourth-order valence-corrected chi connectivity index (χ4v) is 4.51. The van der Waals surface area contributed by atoms with E-state index < -0.39 is 5.31 Å². The summed E-state index contributed by atoms with van der Waals surface area (Å²) in [7, 11) is 8.86. The predicted molar refractivity (Wildman–Crippen MR) is 88.7 cm³/mol. The van der Waals surface area contributed by atoms with Crippen molar-refractivity contribution in [1.29, 1.82) is 0 Å². The third-order valence-electron chi connectivity index (χ3n) is 2.33. The second-order valence-corrected chi connectivity index (χ2v) is 8.40. The van der Waals surface area contributed by atoms with Gasteiger partial charge in [-0.05, 0) is 22.9 Å². The molecular formula is C13H14BNO2S3. The molecule has 1 aromatic heterocycles. The molecule has 104 valence electrons. The number of hydrogen-bond donors (Lipinski definition) is 0. The zero-order chi connectivity index (χ0) is 14.6. The molecule has 1 heterocycles. The highest BCUT2D eigenvalue weighted by Gasteiger charge is 2.22. The number of aromatic nitrogens is 1. The number of para-hydroxylation sites is 1. The molecule has 0 bridgehead atoms. The maximum Gasteiger partial charge on any atom is 0.302 e. The Morgan fingerprint density at radius 3 is 2.90 bits per heavy atom. The van der Waals surface area contributed by atoms with Gasteiger partial charge in [-0.1, -0.05) is 36.8 Å². The van der Waals surface area contributed by atoms with Crippen LogP contribution in [0.1, 0.15) is 13.8 Å². The summed E-state index contributed by atoms with van der Waals surface area (Å²) >= 11 is 1.67. The highest BCUT2D eigenvalue weighted by Crippen LogP contribution is 2.36. The average molecular weight is 323 g/mol. The number of benzene rings is 1. The van der Waals surface area contributed by atoms with Crippen molar-refractivity contribution >= 4 is 57.0 Å². The first kappa shape index (κ1) is 15.7. The SMILES string of the molecule is [B]C(C)(C)C(=O)OCCSSc1nc2ccccc2s1. The second kappa shape index (κ2) is 6.87. The van der Waals surface area contributed by atoms with Gasteiger partial charge in [0.2, 0.25) is 0 Å². The number of hydrogen-bond acceptors (Lipinski definition) is 6. The largest absolute Gasteiger partial charge is 0.465 e. The van der Waals surface area contributed by atoms with Crippen molar-refractivity contribution in [1.82, 2.24) is 4.98 Å². The van der Waals surface area contributed by atoms with E-state index in [1.54, 1.807) is 46.8 Å². The van der Waals surface area contributed by atoms with Crippen molar-refractivity contribution in [2.45, 2.75) is 23.5 Å². The molecule has 7 heteroatoms. The molecule has 0 aliphatic heterocycles. The van der Waals surface area contributed by atoms with E-state index in [4.69, 9.17) is 12.6 Å². The van der Waals surface area contributed by atoms with Crippen LogP contribution in [0, 0.1) is 0 Å². The van der Waals surface area contributed by atoms with Crippen LogP contribution in [0.25, 0.3) is 10.2 Å². The second-order valence-electron chi connectivity index (χ2n) is 4.71. The average Bonchev–Trinajstić information content (AvgIpc) is 2.79. The highest BCUT2D eigenvalue weighted by atomic mass is 33.1. The Balaban J connectivity index is 1.72. The van der Waals surface area contributed by atoms with Crippen molar-refractivity contribution < 1.29 is 9.53 Å². The van der Waals surface area contributed by atoms with Gasteiger partial charge in [0.1, 0.15) is 6.61 Å². The summed E-state index contributed by atoms with van der Waals surface area (Å²) in [4.78, 5) is 16.0. The highest BCUT2D eigenvalue weighted by molar-refractivity contribution is 8.77. The van der Waals surface area contributed by atoms with Gasteiger partial charge >= 0.3 is 5.97 Å². The topological polar surface area (TPSA) is 39.2 Å². The Hall–Kier alpha value is -0.655. The van der Waals surface area contributed by atoms with Crippen LogP contribution in [0.5, 0.6) is 0 Å². The molecule has 0 N–H and O–H groups in total. The minimum atomic E-state index is -0.926. The van der Waals surface area contributed by atoms with E-state index in [9.17, 15) is 4.79 Å². The molecule has 0 amide bonds. The van der Waals surface area contributed by atoms with E-state index in [0.29, 0.717) is 12.4 Å². The third kappa shape index (κ3) is 4.43. The van der Waals surface area contributed by atoms with Gasteiger partial charge in [-0.3, -0.25) is 4.79 Å². The summed E-state index contributed by atoms with van der Waals surface area (Å²) < 4.78 is 7.29. The lowest BCUT2D eigenvalue weighted by molar-refractivity contribution is -0.145. The first-order valence-corrected chi connectivity index (χ1v) is 9.21. The molecule has 3 nitrogen and oxygen atoms in total. The summed E-state index contributed by atoms with van der Waals surface area (Å²) in [5.41, 5.74) is 1.02. The molecule has 0 aliphatic carbocycles. The lowest BCUT2D eigenvalue weighted by Gasteiger charge is -2.16. The number of ether oxygens (including phenoxy) is 1. The van der Waals surface area contributed by atoms with E-state index in [0.717, 1.165) is 9.86 Å². The van der Waals surface area contributed by atoms with Gasteiger partial charge in [0.25, 0.3) is 0 Å². The Labute approximate surface area is 131 Å². The van der Waals surface area contributed by atoms with E-state index in [2.05, 4.69) is 11.1 Å². The van der Waals surface area contributed by atoms with Gasteiger partial charge in [-0.15, -0.1) is 11.3 Å². The van der Waals surface area contributed by atoms with Crippen LogP contribution in [0.15, 0.2) is 28.6 Å². The summed E-state index contributed by atoms with van der Waals surface area (Å²) in [5, 5.41) is -0.926. The monoisotopic (exact) mass is 323 g/mol. The van der Waals surface area contributed by atoms with Crippen LogP contribution in [0.2, 0.25) is 5.31 Å². The fraction of sp³-hybridized carbons (Fsp3) is 0.385. The van der Waals surface area contributed by atoms with Crippen LogP contribution < -0.4 is 0 Å². The molecule has 0 atom stereocenters. The zero-order valence-corrected chi connectivity index (χ0v) is 13.7. The summed E-state index contributed by atoms with van der Waals surface area (Å²) in [6, 6.07) is 8.06. The summed E-state index contributed by atoms with van der Waals surface area (Å²) in [6.45, 7) is 3.64. The van der Waals surface area contributed by atoms with Crippen LogP contribution >= 0.6 is 32.9 Å². The number of nitrogens with zero attached hydrogens (tertiary/aromatic N) is 1. The predicted octanol–water partition coefficient (Wildman–Crippen LogP) is 3.95. The van der Waals surface area contributed by atoms with E-state index in [1.165, 1.54) is 4.70 Å². The fourth-order valence-electron chi connectivity index (χ4n) is 1.33. The maximum atomic E-state index is 11.4. The standard InChI is InChI=1S/C13H14BNO2S3/c1-13(2,14)11(16)17-7-8-18-20-12-15-9-5-3-4-6-10(9)19-12/h3-6H,7-8H2,1-2H3. The molecule has 0 fully saturated rings. The van der Waals surface area contributed by atoms with Gasteiger partial charge in [0, 0.05) is 11.1 Å². The number of rotatable bonds is 6. The Morgan fingerprint density at radius 1 is 1.45 bits per heavy atom. The molecule has 2 rings (SSSR count). The van der Waals surface area contributed by atoms with Crippen molar-refractivity contribution in [3.8, 4) is 0 Å². The molecule has 20 heavy (non-hydrogen) atoms. The molecule has 2 radical (unpaired) electrons. The molecule has 0 saturated carbocycles. The molecular weight excluding hydrogens is 309 g/mol. The molecule has 1 aromatic carbocycles.